The first-order valence-electron chi connectivity index (χ1n) is 6.86. The molecule has 3 N–H and O–H groups in total. The fourth-order valence-corrected chi connectivity index (χ4v) is 2.59. The van der Waals surface area contributed by atoms with Gasteiger partial charge in [0.1, 0.15) is 5.82 Å². The second kappa shape index (κ2) is 5.78. The summed E-state index contributed by atoms with van der Waals surface area (Å²) in [7, 11) is 0. The van der Waals surface area contributed by atoms with Crippen molar-refractivity contribution in [2.45, 2.75) is 26.7 Å². The summed E-state index contributed by atoms with van der Waals surface area (Å²) in [6.07, 6.45) is 2.20. The Labute approximate surface area is 114 Å². The van der Waals surface area contributed by atoms with Gasteiger partial charge in [0.15, 0.2) is 0 Å². The van der Waals surface area contributed by atoms with Crippen molar-refractivity contribution < 1.29 is 9.13 Å². The number of nitrogens with two attached hydrogens (primary N) is 1. The first-order chi connectivity index (χ1) is 8.99. The minimum atomic E-state index is -0.367. The number of hydrogen-bond donors (Lipinski definition) is 2. The summed E-state index contributed by atoms with van der Waals surface area (Å²) in [5.41, 5.74) is 6.61. The number of ether oxygens (including phenoxy) is 1. The molecule has 0 unspecified atom stereocenters. The van der Waals surface area contributed by atoms with Crippen molar-refractivity contribution in [3.8, 4) is 0 Å². The molecule has 1 aromatic carbocycles. The molecule has 0 radical (unpaired) electrons. The quantitative estimate of drug-likeness (QED) is 0.822. The third-order valence-electron chi connectivity index (χ3n) is 4.08. The standard InChI is InChI=1S/C15H23FN2O/c1-15(2,11-5-7-19-8-6-11)10-18-12-3-4-14(17)13(16)9-12/h3-4,9,11,18H,5-8,10,17H2,1-2H3. The zero-order valence-electron chi connectivity index (χ0n) is 11.7. The maximum absolute atomic E-state index is 13.4. The first-order valence-corrected chi connectivity index (χ1v) is 6.86. The zero-order chi connectivity index (χ0) is 13.9. The smallest absolute Gasteiger partial charge is 0.148 e. The molecule has 1 aromatic rings. The highest BCUT2D eigenvalue weighted by atomic mass is 19.1. The molecule has 4 heteroatoms. The second-order valence-corrected chi connectivity index (χ2v) is 5.97. The molecule has 0 bridgehead atoms. The number of rotatable bonds is 4. The van der Waals surface area contributed by atoms with E-state index in [1.807, 2.05) is 6.07 Å². The molecule has 19 heavy (non-hydrogen) atoms. The predicted molar refractivity (Wildman–Crippen MR) is 76.6 cm³/mol. The van der Waals surface area contributed by atoms with Gasteiger partial charge in [-0.15, -0.1) is 0 Å². The van der Waals surface area contributed by atoms with Crippen LogP contribution in [0.3, 0.4) is 0 Å². The number of benzene rings is 1. The molecule has 106 valence electrons. The summed E-state index contributed by atoms with van der Waals surface area (Å²) in [6.45, 7) is 7.03. The Balaban J connectivity index is 1.94. The molecule has 0 atom stereocenters. The summed E-state index contributed by atoms with van der Waals surface area (Å²) < 4.78 is 18.8. The number of anilines is 2. The van der Waals surface area contributed by atoms with Crippen LogP contribution in [0.1, 0.15) is 26.7 Å². The van der Waals surface area contributed by atoms with Crippen LogP contribution in [-0.4, -0.2) is 19.8 Å². The summed E-state index contributed by atoms with van der Waals surface area (Å²) in [5, 5.41) is 3.31. The van der Waals surface area contributed by atoms with Gasteiger partial charge >= 0.3 is 0 Å². The number of halogens is 1. The van der Waals surface area contributed by atoms with Gasteiger partial charge in [-0.2, -0.15) is 0 Å². The normalized spacial score (nSPS) is 17.4. The molecule has 2 rings (SSSR count). The maximum atomic E-state index is 13.4. The van der Waals surface area contributed by atoms with Crippen LogP contribution < -0.4 is 11.1 Å². The lowest BCUT2D eigenvalue weighted by molar-refractivity contribution is 0.0268. The molecule has 1 aliphatic rings. The van der Waals surface area contributed by atoms with E-state index in [1.54, 1.807) is 6.07 Å². The average Bonchev–Trinajstić information content (AvgIpc) is 2.41. The molecule has 0 amide bonds. The van der Waals surface area contributed by atoms with E-state index >= 15 is 0 Å². The molecule has 0 saturated carbocycles. The third kappa shape index (κ3) is 3.60. The Hall–Kier alpha value is -1.29. The van der Waals surface area contributed by atoms with Crippen LogP contribution in [0.4, 0.5) is 15.8 Å². The fourth-order valence-electron chi connectivity index (χ4n) is 2.59. The Morgan fingerprint density at radius 3 is 2.68 bits per heavy atom. The lowest BCUT2D eigenvalue weighted by Gasteiger charge is -2.37. The summed E-state index contributed by atoms with van der Waals surface area (Å²) in [4.78, 5) is 0. The van der Waals surface area contributed by atoms with Gasteiger partial charge in [0.05, 0.1) is 5.69 Å². The van der Waals surface area contributed by atoms with Gasteiger partial charge in [-0.1, -0.05) is 13.8 Å². The van der Waals surface area contributed by atoms with E-state index in [0.29, 0.717) is 5.92 Å². The van der Waals surface area contributed by atoms with Crippen molar-refractivity contribution in [2.75, 3.05) is 30.8 Å². The number of nitrogens with one attached hydrogen (secondary N) is 1. The largest absolute Gasteiger partial charge is 0.396 e. The van der Waals surface area contributed by atoms with Crippen molar-refractivity contribution >= 4 is 11.4 Å². The first kappa shape index (κ1) is 14.1. The molecular weight excluding hydrogens is 243 g/mol. The number of nitrogen functional groups attached to an aromatic ring is 1. The lowest BCUT2D eigenvalue weighted by Crippen LogP contribution is -2.35. The van der Waals surface area contributed by atoms with Gasteiger partial charge in [0, 0.05) is 25.4 Å². The van der Waals surface area contributed by atoms with Gasteiger partial charge in [-0.05, 0) is 42.4 Å². The molecule has 0 aromatic heterocycles. The molecule has 1 heterocycles. The van der Waals surface area contributed by atoms with E-state index in [1.165, 1.54) is 6.07 Å². The topological polar surface area (TPSA) is 47.3 Å². The Morgan fingerprint density at radius 1 is 1.37 bits per heavy atom. The number of hydrogen-bond acceptors (Lipinski definition) is 3. The van der Waals surface area contributed by atoms with Crippen LogP contribution in [0.25, 0.3) is 0 Å². The molecule has 0 aliphatic carbocycles. The van der Waals surface area contributed by atoms with Crippen LogP contribution in [0.2, 0.25) is 0 Å². The molecule has 1 fully saturated rings. The van der Waals surface area contributed by atoms with Crippen molar-refractivity contribution in [1.29, 1.82) is 0 Å². The Bertz CT molecular complexity index is 428. The molecule has 1 aliphatic heterocycles. The van der Waals surface area contributed by atoms with Gasteiger partial charge < -0.3 is 15.8 Å². The monoisotopic (exact) mass is 266 g/mol. The Kier molecular flexibility index (Phi) is 4.30. The van der Waals surface area contributed by atoms with Crippen LogP contribution in [0.15, 0.2) is 18.2 Å². The van der Waals surface area contributed by atoms with E-state index < -0.39 is 0 Å². The van der Waals surface area contributed by atoms with Crippen LogP contribution in [0, 0.1) is 17.2 Å². The third-order valence-corrected chi connectivity index (χ3v) is 4.08. The average molecular weight is 266 g/mol. The fraction of sp³-hybridized carbons (Fsp3) is 0.600. The summed E-state index contributed by atoms with van der Waals surface area (Å²) in [5.74, 6) is 0.279. The van der Waals surface area contributed by atoms with Crippen molar-refractivity contribution in [2.24, 2.45) is 11.3 Å². The highest BCUT2D eigenvalue weighted by Gasteiger charge is 2.30. The van der Waals surface area contributed by atoms with Crippen LogP contribution in [-0.2, 0) is 4.74 Å². The van der Waals surface area contributed by atoms with E-state index in [4.69, 9.17) is 10.5 Å². The molecule has 3 nitrogen and oxygen atoms in total. The minimum absolute atomic E-state index is 0.168. The van der Waals surface area contributed by atoms with E-state index in [0.717, 1.165) is 38.3 Å². The lowest BCUT2D eigenvalue weighted by atomic mass is 9.74. The summed E-state index contributed by atoms with van der Waals surface area (Å²) >= 11 is 0. The van der Waals surface area contributed by atoms with Crippen LogP contribution in [0.5, 0.6) is 0 Å². The minimum Gasteiger partial charge on any atom is -0.396 e. The molecule has 1 saturated heterocycles. The second-order valence-electron chi connectivity index (χ2n) is 5.97. The van der Waals surface area contributed by atoms with Crippen molar-refractivity contribution in [1.82, 2.24) is 0 Å². The van der Waals surface area contributed by atoms with Gasteiger partial charge in [-0.3, -0.25) is 0 Å². The Morgan fingerprint density at radius 2 is 2.05 bits per heavy atom. The highest BCUT2D eigenvalue weighted by Crippen LogP contribution is 2.34. The highest BCUT2D eigenvalue weighted by molar-refractivity contribution is 5.52. The molecular formula is C15H23FN2O. The van der Waals surface area contributed by atoms with E-state index in [9.17, 15) is 4.39 Å². The zero-order valence-corrected chi connectivity index (χ0v) is 11.7. The maximum Gasteiger partial charge on any atom is 0.148 e. The molecule has 0 spiro atoms. The van der Waals surface area contributed by atoms with Gasteiger partial charge in [0.25, 0.3) is 0 Å². The van der Waals surface area contributed by atoms with Crippen LogP contribution >= 0.6 is 0 Å². The SMILES string of the molecule is CC(C)(CNc1ccc(N)c(F)c1)C1CCOCC1. The van der Waals surface area contributed by atoms with E-state index in [2.05, 4.69) is 19.2 Å². The van der Waals surface area contributed by atoms with Crippen molar-refractivity contribution in [3.63, 3.8) is 0 Å². The van der Waals surface area contributed by atoms with E-state index in [-0.39, 0.29) is 16.9 Å². The van der Waals surface area contributed by atoms with Gasteiger partial charge in [0.2, 0.25) is 0 Å². The van der Waals surface area contributed by atoms with Crippen molar-refractivity contribution in [3.05, 3.63) is 24.0 Å². The van der Waals surface area contributed by atoms with Gasteiger partial charge in [-0.25, -0.2) is 4.39 Å². The summed E-state index contributed by atoms with van der Waals surface area (Å²) in [6, 6.07) is 4.87. The predicted octanol–water partition coefficient (Wildman–Crippen LogP) is 3.27.